The van der Waals surface area contributed by atoms with Gasteiger partial charge in [-0.3, -0.25) is 9.59 Å². The number of nitrogens with one attached hydrogen (secondary N) is 2. The quantitative estimate of drug-likeness (QED) is 0.643. The molecule has 1 atom stereocenters. The molecule has 1 aliphatic carbocycles. The number of fused-ring (bicyclic) bond motifs is 1. The molecule has 0 bridgehead atoms. The molecule has 2 amide bonds. The molecule has 0 spiro atoms. The Morgan fingerprint density at radius 3 is 2.58 bits per heavy atom. The Balaban J connectivity index is 1.28. The van der Waals surface area contributed by atoms with Gasteiger partial charge in [-0.15, -0.1) is 0 Å². The monoisotopic (exact) mass is 473 g/mol. The van der Waals surface area contributed by atoms with E-state index in [1.54, 1.807) is 35.4 Å². The Bertz CT molecular complexity index is 1110. The number of furan rings is 1. The van der Waals surface area contributed by atoms with Crippen molar-refractivity contribution in [2.24, 2.45) is 11.8 Å². The Hall–Kier alpha value is -2.65. The molecule has 178 valence electrons. The van der Waals surface area contributed by atoms with E-state index in [2.05, 4.69) is 10.0 Å². The number of hydrogen-bond donors (Lipinski definition) is 2. The fraction of sp³-hybridized carbons (Fsp3) is 0.500. The first kappa shape index (κ1) is 23.5. The molecule has 1 aromatic heterocycles. The van der Waals surface area contributed by atoms with E-state index in [1.165, 1.54) is 6.92 Å². The lowest BCUT2D eigenvalue weighted by Crippen LogP contribution is -2.36. The minimum atomic E-state index is -3.64. The molecular formula is C24H31N3O5S. The van der Waals surface area contributed by atoms with Gasteiger partial charge < -0.3 is 14.6 Å². The second-order valence-electron chi connectivity index (χ2n) is 9.10. The molecule has 2 aromatic rings. The van der Waals surface area contributed by atoms with Gasteiger partial charge in [-0.05, 0) is 80.8 Å². The molecule has 2 heterocycles. The fourth-order valence-corrected chi connectivity index (χ4v) is 6.09. The molecule has 0 radical (unpaired) electrons. The molecule has 33 heavy (non-hydrogen) atoms. The maximum Gasteiger partial charge on any atom is 0.240 e. The molecule has 4 rings (SSSR count). The summed E-state index contributed by atoms with van der Waals surface area (Å²) in [6.45, 7) is 4.22. The number of anilines is 1. The third-order valence-electron chi connectivity index (χ3n) is 6.71. The molecule has 9 heteroatoms. The van der Waals surface area contributed by atoms with Crippen LogP contribution in [0, 0.1) is 11.8 Å². The largest absolute Gasteiger partial charge is 0.467 e. The average molecular weight is 474 g/mol. The van der Waals surface area contributed by atoms with Crippen molar-refractivity contribution in [1.82, 2.24) is 10.0 Å². The summed E-state index contributed by atoms with van der Waals surface area (Å²) in [6.07, 6.45) is 5.32. The molecule has 1 fully saturated rings. The zero-order chi connectivity index (χ0) is 23.6. The SMILES string of the molecule is CC(=O)N1c2ccc(S(=O)(=O)NCC3CCC(C(=O)NCc4ccco4)CC3)cc2C[C@H]1C. The van der Waals surface area contributed by atoms with E-state index in [9.17, 15) is 18.0 Å². The van der Waals surface area contributed by atoms with Crippen molar-refractivity contribution >= 4 is 27.5 Å². The van der Waals surface area contributed by atoms with Crippen LogP contribution in [0.15, 0.2) is 45.9 Å². The van der Waals surface area contributed by atoms with Crippen LogP contribution in [0.2, 0.25) is 0 Å². The van der Waals surface area contributed by atoms with Crippen LogP contribution in [0.5, 0.6) is 0 Å². The summed E-state index contributed by atoms with van der Waals surface area (Å²) in [4.78, 5) is 26.2. The summed E-state index contributed by atoms with van der Waals surface area (Å²) in [5, 5.41) is 2.91. The number of sulfonamides is 1. The smallest absolute Gasteiger partial charge is 0.240 e. The Kier molecular flexibility index (Phi) is 6.90. The van der Waals surface area contributed by atoms with Gasteiger partial charge in [0.25, 0.3) is 0 Å². The van der Waals surface area contributed by atoms with E-state index < -0.39 is 10.0 Å². The molecule has 1 aliphatic heterocycles. The van der Waals surface area contributed by atoms with E-state index in [1.807, 2.05) is 13.0 Å². The van der Waals surface area contributed by atoms with E-state index in [0.29, 0.717) is 19.5 Å². The van der Waals surface area contributed by atoms with Crippen LogP contribution < -0.4 is 14.9 Å². The zero-order valence-corrected chi connectivity index (χ0v) is 19.9. The van der Waals surface area contributed by atoms with Gasteiger partial charge in [0.1, 0.15) is 5.76 Å². The summed E-state index contributed by atoms with van der Waals surface area (Å²) in [5.74, 6) is 0.867. The first-order chi connectivity index (χ1) is 15.7. The van der Waals surface area contributed by atoms with Crippen molar-refractivity contribution in [3.63, 3.8) is 0 Å². The van der Waals surface area contributed by atoms with Gasteiger partial charge in [0.05, 0.1) is 17.7 Å². The highest BCUT2D eigenvalue weighted by Crippen LogP contribution is 2.34. The van der Waals surface area contributed by atoms with Gasteiger partial charge in [-0.1, -0.05) is 0 Å². The third-order valence-corrected chi connectivity index (χ3v) is 8.13. The summed E-state index contributed by atoms with van der Waals surface area (Å²) in [7, 11) is -3.64. The van der Waals surface area contributed by atoms with Crippen LogP contribution in [-0.4, -0.2) is 32.8 Å². The van der Waals surface area contributed by atoms with Crippen molar-refractivity contribution in [2.45, 2.75) is 63.4 Å². The molecule has 1 saturated carbocycles. The van der Waals surface area contributed by atoms with Crippen LogP contribution in [0.1, 0.15) is 50.9 Å². The summed E-state index contributed by atoms with van der Waals surface area (Å²) >= 11 is 0. The minimum Gasteiger partial charge on any atom is -0.467 e. The number of benzene rings is 1. The highest BCUT2D eigenvalue weighted by atomic mass is 32.2. The van der Waals surface area contributed by atoms with Gasteiger partial charge in [-0.2, -0.15) is 0 Å². The number of carbonyl (C=O) groups is 2. The molecule has 0 unspecified atom stereocenters. The highest BCUT2D eigenvalue weighted by Gasteiger charge is 2.31. The Labute approximate surface area is 194 Å². The molecule has 1 aromatic carbocycles. The first-order valence-electron chi connectivity index (χ1n) is 11.5. The van der Waals surface area contributed by atoms with Gasteiger partial charge in [-0.25, -0.2) is 13.1 Å². The van der Waals surface area contributed by atoms with Crippen LogP contribution >= 0.6 is 0 Å². The Morgan fingerprint density at radius 1 is 1.15 bits per heavy atom. The van der Waals surface area contributed by atoms with Gasteiger partial charge >= 0.3 is 0 Å². The molecule has 8 nitrogen and oxygen atoms in total. The summed E-state index contributed by atoms with van der Waals surface area (Å²) < 4.78 is 33.7. The standard InChI is InChI=1S/C24H31N3O5S/c1-16-12-20-13-22(9-10-23(20)27(16)17(2)28)33(30,31)26-14-18-5-7-19(8-6-18)24(29)25-15-21-4-3-11-32-21/h3-4,9-11,13,16,18-19,26H,5-8,12,14-15H2,1-2H3,(H,25,29)/t16-,18?,19?/m1/s1. The maximum atomic E-state index is 12.9. The number of nitrogens with zero attached hydrogens (tertiary/aromatic N) is 1. The summed E-state index contributed by atoms with van der Waals surface area (Å²) in [5.41, 5.74) is 1.67. The van der Waals surface area contributed by atoms with Crippen LogP contribution in [-0.2, 0) is 32.6 Å². The maximum absolute atomic E-state index is 12.9. The van der Waals surface area contributed by atoms with E-state index in [4.69, 9.17) is 4.42 Å². The van der Waals surface area contributed by atoms with Crippen LogP contribution in [0.25, 0.3) is 0 Å². The van der Waals surface area contributed by atoms with Crippen molar-refractivity contribution < 1.29 is 22.4 Å². The normalized spacial score (nSPS) is 22.7. The molecule has 0 saturated heterocycles. The highest BCUT2D eigenvalue weighted by molar-refractivity contribution is 7.89. The zero-order valence-electron chi connectivity index (χ0n) is 19.0. The van der Waals surface area contributed by atoms with E-state index in [-0.39, 0.29) is 34.6 Å². The summed E-state index contributed by atoms with van der Waals surface area (Å²) in [6, 6.07) is 8.60. The lowest BCUT2D eigenvalue weighted by Gasteiger charge is -2.27. The van der Waals surface area contributed by atoms with Crippen LogP contribution in [0.4, 0.5) is 5.69 Å². The first-order valence-corrected chi connectivity index (χ1v) is 13.0. The van der Waals surface area contributed by atoms with E-state index >= 15 is 0 Å². The lowest BCUT2D eigenvalue weighted by atomic mass is 9.81. The van der Waals surface area contributed by atoms with Crippen LogP contribution in [0.3, 0.4) is 0 Å². The molecule has 2 aliphatic rings. The van der Waals surface area contributed by atoms with Crippen molar-refractivity contribution in [3.8, 4) is 0 Å². The number of rotatable bonds is 7. The van der Waals surface area contributed by atoms with Crippen molar-refractivity contribution in [3.05, 3.63) is 47.9 Å². The predicted octanol–water partition coefficient (Wildman–Crippen LogP) is 2.98. The topological polar surface area (TPSA) is 109 Å². The Morgan fingerprint density at radius 2 is 1.91 bits per heavy atom. The lowest BCUT2D eigenvalue weighted by molar-refractivity contribution is -0.126. The van der Waals surface area contributed by atoms with Gasteiger partial charge in [0, 0.05) is 31.1 Å². The third kappa shape index (κ3) is 5.30. The van der Waals surface area contributed by atoms with Gasteiger partial charge in [0.2, 0.25) is 21.8 Å². The number of amides is 2. The fourth-order valence-electron chi connectivity index (χ4n) is 4.93. The van der Waals surface area contributed by atoms with Gasteiger partial charge in [0.15, 0.2) is 0 Å². The minimum absolute atomic E-state index is 0.0230. The second kappa shape index (κ2) is 9.69. The predicted molar refractivity (Wildman–Crippen MR) is 124 cm³/mol. The molecular weight excluding hydrogens is 442 g/mol. The van der Waals surface area contributed by atoms with E-state index in [0.717, 1.165) is 42.7 Å². The van der Waals surface area contributed by atoms with Crippen molar-refractivity contribution in [2.75, 3.05) is 11.4 Å². The number of carbonyl (C=O) groups excluding carboxylic acids is 2. The molecule has 2 N–H and O–H groups in total. The second-order valence-corrected chi connectivity index (χ2v) is 10.9. The van der Waals surface area contributed by atoms with Crippen molar-refractivity contribution in [1.29, 1.82) is 0 Å². The average Bonchev–Trinajstić information content (AvgIpc) is 3.42. The number of hydrogen-bond acceptors (Lipinski definition) is 5.